The zero-order valence-electron chi connectivity index (χ0n) is 7.70. The highest BCUT2D eigenvalue weighted by molar-refractivity contribution is 5.80. The van der Waals surface area contributed by atoms with Crippen molar-refractivity contribution in [2.24, 2.45) is 11.8 Å². The van der Waals surface area contributed by atoms with Crippen LogP contribution in [-0.4, -0.2) is 48.7 Å². The summed E-state index contributed by atoms with van der Waals surface area (Å²) in [5.41, 5.74) is 0. The first-order valence-corrected chi connectivity index (χ1v) is 4.91. The molecule has 74 valence electrons. The van der Waals surface area contributed by atoms with Crippen LogP contribution < -0.4 is 5.32 Å². The molecule has 0 aliphatic carbocycles. The molecule has 2 rings (SSSR count). The molecule has 2 N–H and O–H groups in total. The Kier molecular flexibility index (Phi) is 2.51. The fourth-order valence-electron chi connectivity index (χ4n) is 1.90. The predicted molar refractivity (Wildman–Crippen MR) is 48.1 cm³/mol. The van der Waals surface area contributed by atoms with Gasteiger partial charge in [0.2, 0.25) is 5.91 Å². The Labute approximate surface area is 77.9 Å². The van der Waals surface area contributed by atoms with Gasteiger partial charge in [-0.05, 0) is 6.42 Å². The highest BCUT2D eigenvalue weighted by atomic mass is 16.3. The second-order valence-electron chi connectivity index (χ2n) is 3.98. The lowest BCUT2D eigenvalue weighted by Gasteiger charge is -2.30. The highest BCUT2D eigenvalue weighted by Crippen LogP contribution is 2.18. The van der Waals surface area contributed by atoms with E-state index in [1.54, 1.807) is 0 Å². The first kappa shape index (κ1) is 8.97. The average Bonchev–Trinajstić information content (AvgIpc) is 2.48. The number of nitrogens with zero attached hydrogens (tertiary/aromatic N) is 1. The van der Waals surface area contributed by atoms with Gasteiger partial charge in [0.15, 0.2) is 0 Å². The standard InChI is InChI=1S/C9H16N2O2/c12-6-7-1-2-11(5-7)9(13)8-3-10-4-8/h7-8,10,12H,1-6H2/t7-/m1/s1. The molecule has 2 fully saturated rings. The van der Waals surface area contributed by atoms with Gasteiger partial charge in [0, 0.05) is 38.7 Å². The van der Waals surface area contributed by atoms with Gasteiger partial charge in [0.05, 0.1) is 5.92 Å². The van der Waals surface area contributed by atoms with Gasteiger partial charge >= 0.3 is 0 Å². The second-order valence-corrected chi connectivity index (χ2v) is 3.98. The third-order valence-electron chi connectivity index (χ3n) is 2.99. The maximum absolute atomic E-state index is 11.7. The van der Waals surface area contributed by atoms with Crippen molar-refractivity contribution in [3.63, 3.8) is 0 Å². The van der Waals surface area contributed by atoms with E-state index in [4.69, 9.17) is 5.11 Å². The number of aliphatic hydroxyl groups excluding tert-OH is 1. The van der Waals surface area contributed by atoms with E-state index >= 15 is 0 Å². The SMILES string of the molecule is O=C(C1CNC1)N1CC[C@@H](CO)C1. The highest BCUT2D eigenvalue weighted by Gasteiger charge is 2.33. The lowest BCUT2D eigenvalue weighted by atomic mass is 10.0. The Morgan fingerprint density at radius 1 is 1.54 bits per heavy atom. The predicted octanol–water partition coefficient (Wildman–Crippen LogP) is -0.953. The van der Waals surface area contributed by atoms with Crippen molar-refractivity contribution in [2.45, 2.75) is 6.42 Å². The van der Waals surface area contributed by atoms with Crippen LogP contribution in [0.2, 0.25) is 0 Å². The molecule has 0 spiro atoms. The molecule has 2 heterocycles. The van der Waals surface area contributed by atoms with Crippen molar-refractivity contribution in [3.8, 4) is 0 Å². The molecule has 0 saturated carbocycles. The van der Waals surface area contributed by atoms with Gasteiger partial charge in [-0.2, -0.15) is 0 Å². The first-order chi connectivity index (χ1) is 6.31. The fourth-order valence-corrected chi connectivity index (χ4v) is 1.90. The molecule has 0 unspecified atom stereocenters. The van der Waals surface area contributed by atoms with Gasteiger partial charge < -0.3 is 15.3 Å². The van der Waals surface area contributed by atoms with E-state index in [1.807, 2.05) is 4.90 Å². The van der Waals surface area contributed by atoms with E-state index < -0.39 is 0 Å². The summed E-state index contributed by atoms with van der Waals surface area (Å²) >= 11 is 0. The van der Waals surface area contributed by atoms with Gasteiger partial charge in [0.25, 0.3) is 0 Å². The molecule has 0 aromatic heterocycles. The third-order valence-corrected chi connectivity index (χ3v) is 2.99. The maximum Gasteiger partial charge on any atom is 0.228 e. The summed E-state index contributed by atoms with van der Waals surface area (Å²) in [6.45, 7) is 3.47. The summed E-state index contributed by atoms with van der Waals surface area (Å²) in [7, 11) is 0. The number of rotatable bonds is 2. The smallest absolute Gasteiger partial charge is 0.228 e. The number of nitrogens with one attached hydrogen (secondary N) is 1. The van der Waals surface area contributed by atoms with E-state index in [2.05, 4.69) is 5.32 Å². The molecule has 13 heavy (non-hydrogen) atoms. The van der Waals surface area contributed by atoms with Crippen molar-refractivity contribution < 1.29 is 9.90 Å². The van der Waals surface area contributed by atoms with E-state index in [-0.39, 0.29) is 18.4 Å². The van der Waals surface area contributed by atoms with E-state index in [0.717, 1.165) is 32.6 Å². The van der Waals surface area contributed by atoms with Crippen LogP contribution in [-0.2, 0) is 4.79 Å². The molecule has 0 radical (unpaired) electrons. The molecule has 0 aromatic carbocycles. The van der Waals surface area contributed by atoms with Crippen LogP contribution in [0.15, 0.2) is 0 Å². The first-order valence-electron chi connectivity index (χ1n) is 4.91. The molecule has 0 bridgehead atoms. The van der Waals surface area contributed by atoms with Crippen LogP contribution in [0.25, 0.3) is 0 Å². The molecule has 2 aliphatic rings. The van der Waals surface area contributed by atoms with Crippen LogP contribution in [0.4, 0.5) is 0 Å². The number of carbonyl (C=O) groups excluding carboxylic acids is 1. The van der Waals surface area contributed by atoms with Crippen molar-refractivity contribution in [1.82, 2.24) is 10.2 Å². The quantitative estimate of drug-likeness (QED) is 0.581. The molecule has 2 saturated heterocycles. The van der Waals surface area contributed by atoms with Crippen LogP contribution in [0, 0.1) is 11.8 Å². The molecule has 4 heteroatoms. The number of hydrogen-bond donors (Lipinski definition) is 2. The van der Waals surface area contributed by atoms with Crippen molar-refractivity contribution >= 4 is 5.91 Å². The summed E-state index contributed by atoms with van der Waals surface area (Å²) < 4.78 is 0. The summed E-state index contributed by atoms with van der Waals surface area (Å²) in [6.07, 6.45) is 0.961. The molecule has 0 aromatic rings. The summed E-state index contributed by atoms with van der Waals surface area (Å²) in [4.78, 5) is 13.6. The third kappa shape index (κ3) is 1.69. The topological polar surface area (TPSA) is 52.6 Å². The van der Waals surface area contributed by atoms with E-state index in [9.17, 15) is 4.79 Å². The minimum absolute atomic E-state index is 0.206. The maximum atomic E-state index is 11.7. The zero-order valence-corrected chi connectivity index (χ0v) is 7.70. The number of likely N-dealkylation sites (tertiary alicyclic amines) is 1. The number of aliphatic hydroxyl groups is 1. The Morgan fingerprint density at radius 3 is 2.77 bits per heavy atom. The van der Waals surface area contributed by atoms with Crippen molar-refractivity contribution in [2.75, 3.05) is 32.8 Å². The summed E-state index contributed by atoms with van der Waals surface area (Å²) in [6, 6.07) is 0. The number of carbonyl (C=O) groups is 1. The zero-order chi connectivity index (χ0) is 9.26. The van der Waals surface area contributed by atoms with Gasteiger partial charge in [-0.1, -0.05) is 0 Å². The van der Waals surface area contributed by atoms with Crippen LogP contribution in [0.5, 0.6) is 0 Å². The molecule has 1 atom stereocenters. The lowest BCUT2D eigenvalue weighted by Crippen LogP contribution is -2.51. The molecule has 1 amide bonds. The Balaban J connectivity index is 1.84. The number of hydrogen-bond acceptors (Lipinski definition) is 3. The Bertz CT molecular complexity index is 204. The lowest BCUT2D eigenvalue weighted by molar-refractivity contribution is -0.136. The monoisotopic (exact) mass is 184 g/mol. The minimum atomic E-state index is 0.206. The molecule has 2 aliphatic heterocycles. The van der Waals surface area contributed by atoms with Gasteiger partial charge in [0.1, 0.15) is 0 Å². The Hall–Kier alpha value is -0.610. The molecular formula is C9H16N2O2. The van der Waals surface area contributed by atoms with Gasteiger partial charge in [-0.25, -0.2) is 0 Å². The fraction of sp³-hybridized carbons (Fsp3) is 0.889. The molecular weight excluding hydrogens is 168 g/mol. The molecule has 4 nitrogen and oxygen atoms in total. The van der Waals surface area contributed by atoms with Crippen LogP contribution in [0.1, 0.15) is 6.42 Å². The second kappa shape index (κ2) is 3.64. The van der Waals surface area contributed by atoms with Crippen LogP contribution in [0.3, 0.4) is 0 Å². The number of amides is 1. The van der Waals surface area contributed by atoms with Crippen molar-refractivity contribution in [3.05, 3.63) is 0 Å². The normalized spacial score (nSPS) is 29.0. The van der Waals surface area contributed by atoms with Crippen molar-refractivity contribution in [1.29, 1.82) is 0 Å². The summed E-state index contributed by atoms with van der Waals surface area (Å²) in [5.74, 6) is 0.795. The average molecular weight is 184 g/mol. The van der Waals surface area contributed by atoms with Gasteiger partial charge in [-0.15, -0.1) is 0 Å². The summed E-state index contributed by atoms with van der Waals surface area (Å²) in [5, 5.41) is 12.0. The van der Waals surface area contributed by atoms with Gasteiger partial charge in [-0.3, -0.25) is 4.79 Å². The van der Waals surface area contributed by atoms with Crippen LogP contribution >= 0.6 is 0 Å². The minimum Gasteiger partial charge on any atom is -0.396 e. The van der Waals surface area contributed by atoms with E-state index in [0.29, 0.717) is 5.92 Å². The van der Waals surface area contributed by atoms with E-state index in [1.165, 1.54) is 0 Å². The Morgan fingerprint density at radius 2 is 2.31 bits per heavy atom. The largest absolute Gasteiger partial charge is 0.396 e.